The molecule has 0 heterocycles. The smallest absolute Gasteiger partial charge is 0.307 e. The number of rotatable bonds is 4. The molecule has 3 nitrogen and oxygen atoms in total. The number of ether oxygens (including phenoxy) is 1. The van der Waals surface area contributed by atoms with Gasteiger partial charge in [0, 0.05) is 11.6 Å². The molecule has 0 spiro atoms. The number of anilines is 1. The van der Waals surface area contributed by atoms with Crippen molar-refractivity contribution in [2.75, 3.05) is 19.0 Å². The lowest BCUT2D eigenvalue weighted by atomic mass is 10.2. The molecule has 88 valence electrons. The van der Waals surface area contributed by atoms with E-state index in [2.05, 4.69) is 10.1 Å². The van der Waals surface area contributed by atoms with Crippen LogP contribution in [0.15, 0.2) is 12.1 Å². The average molecular weight is 262 g/mol. The minimum atomic E-state index is -0.262. The highest BCUT2D eigenvalue weighted by Crippen LogP contribution is 2.28. The number of carbonyl (C=O) groups excluding carboxylic acids is 1. The molecular weight excluding hydrogens is 249 g/mol. The second-order valence-electron chi connectivity index (χ2n) is 3.33. The minimum absolute atomic E-state index is 0.262. The van der Waals surface area contributed by atoms with Crippen molar-refractivity contribution in [3.63, 3.8) is 0 Å². The molecular formula is C11H13Cl2NO2. The second kappa shape index (κ2) is 5.97. The maximum absolute atomic E-state index is 10.9. The lowest BCUT2D eigenvalue weighted by Gasteiger charge is -2.09. The van der Waals surface area contributed by atoms with E-state index >= 15 is 0 Å². The SMILES string of the molecule is COC(=O)CCNc1cc(Cl)c(C)cc1Cl. The van der Waals surface area contributed by atoms with Crippen molar-refractivity contribution in [1.82, 2.24) is 0 Å². The minimum Gasteiger partial charge on any atom is -0.469 e. The van der Waals surface area contributed by atoms with Gasteiger partial charge in [0.25, 0.3) is 0 Å². The van der Waals surface area contributed by atoms with Gasteiger partial charge < -0.3 is 10.1 Å². The molecule has 0 aliphatic carbocycles. The molecule has 1 aromatic carbocycles. The van der Waals surface area contributed by atoms with Crippen LogP contribution in [0.1, 0.15) is 12.0 Å². The largest absolute Gasteiger partial charge is 0.469 e. The van der Waals surface area contributed by atoms with Crippen molar-refractivity contribution in [3.8, 4) is 0 Å². The molecule has 0 unspecified atom stereocenters. The van der Waals surface area contributed by atoms with Crippen LogP contribution in [0.2, 0.25) is 10.0 Å². The average Bonchev–Trinajstić information content (AvgIpc) is 2.25. The van der Waals surface area contributed by atoms with Crippen LogP contribution in [-0.2, 0) is 9.53 Å². The lowest BCUT2D eigenvalue weighted by molar-refractivity contribution is -0.140. The zero-order chi connectivity index (χ0) is 12.1. The van der Waals surface area contributed by atoms with Crippen LogP contribution < -0.4 is 5.32 Å². The van der Waals surface area contributed by atoms with E-state index in [1.807, 2.05) is 6.92 Å². The molecule has 0 bridgehead atoms. The molecule has 0 fully saturated rings. The van der Waals surface area contributed by atoms with Gasteiger partial charge in [-0.2, -0.15) is 0 Å². The Morgan fingerprint density at radius 2 is 2.06 bits per heavy atom. The van der Waals surface area contributed by atoms with Gasteiger partial charge in [0.1, 0.15) is 0 Å². The number of methoxy groups -OCH3 is 1. The first kappa shape index (κ1) is 13.1. The number of aryl methyl sites for hydroxylation is 1. The summed E-state index contributed by atoms with van der Waals surface area (Å²) in [5.41, 5.74) is 1.64. The monoisotopic (exact) mass is 261 g/mol. The Morgan fingerprint density at radius 3 is 2.69 bits per heavy atom. The van der Waals surface area contributed by atoms with E-state index < -0.39 is 0 Å². The molecule has 0 atom stereocenters. The highest BCUT2D eigenvalue weighted by molar-refractivity contribution is 6.35. The van der Waals surface area contributed by atoms with Crippen LogP contribution >= 0.6 is 23.2 Å². The molecule has 5 heteroatoms. The first-order valence-corrected chi connectivity index (χ1v) is 5.56. The normalized spacial score (nSPS) is 10.0. The fraction of sp³-hybridized carbons (Fsp3) is 0.364. The summed E-state index contributed by atoms with van der Waals surface area (Å²) in [6, 6.07) is 3.53. The number of halogens is 2. The molecule has 1 N–H and O–H groups in total. The van der Waals surface area contributed by atoms with Gasteiger partial charge in [0.05, 0.1) is 24.2 Å². The Kier molecular flexibility index (Phi) is 4.90. The highest BCUT2D eigenvalue weighted by atomic mass is 35.5. The third kappa shape index (κ3) is 3.58. The van der Waals surface area contributed by atoms with Gasteiger partial charge in [-0.3, -0.25) is 4.79 Å². The van der Waals surface area contributed by atoms with Gasteiger partial charge in [0.2, 0.25) is 0 Å². The Labute approximate surface area is 105 Å². The van der Waals surface area contributed by atoms with E-state index in [0.29, 0.717) is 23.0 Å². The quantitative estimate of drug-likeness (QED) is 0.846. The fourth-order valence-corrected chi connectivity index (χ4v) is 1.63. The van der Waals surface area contributed by atoms with Crippen LogP contribution in [0, 0.1) is 6.92 Å². The number of esters is 1. The van der Waals surface area contributed by atoms with E-state index in [-0.39, 0.29) is 5.97 Å². The Morgan fingerprint density at radius 1 is 1.38 bits per heavy atom. The number of nitrogens with one attached hydrogen (secondary N) is 1. The van der Waals surface area contributed by atoms with E-state index in [1.165, 1.54) is 7.11 Å². The van der Waals surface area contributed by atoms with Crippen molar-refractivity contribution in [2.45, 2.75) is 13.3 Å². The fourth-order valence-electron chi connectivity index (χ4n) is 1.18. The molecule has 1 aromatic rings. The summed E-state index contributed by atoms with van der Waals surface area (Å²) >= 11 is 12.0. The van der Waals surface area contributed by atoms with E-state index in [9.17, 15) is 4.79 Å². The summed E-state index contributed by atoms with van der Waals surface area (Å²) in [7, 11) is 1.36. The molecule has 0 radical (unpaired) electrons. The van der Waals surface area contributed by atoms with E-state index in [0.717, 1.165) is 11.3 Å². The van der Waals surface area contributed by atoms with Crippen molar-refractivity contribution >= 4 is 34.9 Å². The number of hydrogen-bond acceptors (Lipinski definition) is 3. The molecule has 1 rings (SSSR count). The van der Waals surface area contributed by atoms with Crippen LogP contribution in [0.3, 0.4) is 0 Å². The van der Waals surface area contributed by atoms with E-state index in [1.54, 1.807) is 12.1 Å². The zero-order valence-electron chi connectivity index (χ0n) is 9.14. The van der Waals surface area contributed by atoms with Crippen LogP contribution in [0.4, 0.5) is 5.69 Å². The topological polar surface area (TPSA) is 38.3 Å². The second-order valence-corrected chi connectivity index (χ2v) is 4.15. The molecule has 0 aliphatic rings. The van der Waals surface area contributed by atoms with Gasteiger partial charge in [-0.25, -0.2) is 0 Å². The molecule has 0 amide bonds. The van der Waals surface area contributed by atoms with E-state index in [4.69, 9.17) is 23.2 Å². The Bertz CT molecular complexity index is 394. The molecule has 16 heavy (non-hydrogen) atoms. The standard InChI is InChI=1S/C11H13Cl2NO2/c1-7-5-9(13)10(6-8(7)12)14-4-3-11(15)16-2/h5-6,14H,3-4H2,1-2H3. The maximum Gasteiger partial charge on any atom is 0.307 e. The Balaban J connectivity index is 2.60. The summed E-state index contributed by atoms with van der Waals surface area (Å²) in [6.45, 7) is 2.35. The summed E-state index contributed by atoms with van der Waals surface area (Å²) in [4.78, 5) is 10.9. The Hall–Kier alpha value is -0.930. The lowest BCUT2D eigenvalue weighted by Crippen LogP contribution is -2.09. The van der Waals surface area contributed by atoms with Crippen molar-refractivity contribution in [2.24, 2.45) is 0 Å². The number of carbonyl (C=O) groups is 1. The maximum atomic E-state index is 10.9. The predicted molar refractivity (Wildman–Crippen MR) is 66.3 cm³/mol. The predicted octanol–water partition coefficient (Wildman–Crippen LogP) is 3.28. The zero-order valence-corrected chi connectivity index (χ0v) is 10.7. The third-order valence-electron chi connectivity index (χ3n) is 2.12. The summed E-state index contributed by atoms with van der Waals surface area (Å²) in [6.07, 6.45) is 0.290. The molecule has 0 aromatic heterocycles. The van der Waals surface area contributed by atoms with Gasteiger partial charge in [0.15, 0.2) is 0 Å². The number of benzene rings is 1. The van der Waals surface area contributed by atoms with Crippen LogP contribution in [0.25, 0.3) is 0 Å². The molecule has 0 saturated carbocycles. The van der Waals surface area contributed by atoms with Crippen molar-refractivity contribution in [1.29, 1.82) is 0 Å². The summed E-state index contributed by atoms with van der Waals surface area (Å²) in [5.74, 6) is -0.262. The van der Waals surface area contributed by atoms with Crippen LogP contribution in [-0.4, -0.2) is 19.6 Å². The van der Waals surface area contributed by atoms with Crippen molar-refractivity contribution < 1.29 is 9.53 Å². The first-order chi connectivity index (χ1) is 7.54. The number of hydrogen-bond donors (Lipinski definition) is 1. The van der Waals surface area contributed by atoms with Crippen molar-refractivity contribution in [3.05, 3.63) is 27.7 Å². The highest BCUT2D eigenvalue weighted by Gasteiger charge is 2.05. The van der Waals surface area contributed by atoms with Gasteiger partial charge in [-0.05, 0) is 24.6 Å². The molecule has 0 saturated heterocycles. The third-order valence-corrected chi connectivity index (χ3v) is 2.84. The molecule has 0 aliphatic heterocycles. The first-order valence-electron chi connectivity index (χ1n) is 4.81. The summed E-state index contributed by atoms with van der Waals surface area (Å²) in [5, 5.41) is 4.26. The van der Waals surface area contributed by atoms with Crippen LogP contribution in [0.5, 0.6) is 0 Å². The van der Waals surface area contributed by atoms with Gasteiger partial charge in [-0.15, -0.1) is 0 Å². The summed E-state index contributed by atoms with van der Waals surface area (Å²) < 4.78 is 4.52. The van der Waals surface area contributed by atoms with Gasteiger partial charge >= 0.3 is 5.97 Å². The van der Waals surface area contributed by atoms with Gasteiger partial charge in [-0.1, -0.05) is 23.2 Å².